The third-order valence-electron chi connectivity index (χ3n) is 6.95. The van der Waals surface area contributed by atoms with Crippen molar-refractivity contribution in [2.45, 2.75) is 58.0 Å². The lowest BCUT2D eigenvalue weighted by atomic mass is 9.71. The van der Waals surface area contributed by atoms with Crippen LogP contribution in [0.4, 0.5) is 0 Å². The number of nitrogens with one attached hydrogen (secondary N) is 1. The lowest BCUT2D eigenvalue weighted by molar-refractivity contribution is -0.144. The normalized spacial score (nSPS) is 20.7. The maximum Gasteiger partial charge on any atom is 0.337 e. The summed E-state index contributed by atoms with van der Waals surface area (Å²) in [6, 6.07) is 15.6. The van der Waals surface area contributed by atoms with E-state index in [4.69, 9.17) is 14.2 Å². The molecule has 0 saturated carbocycles. The van der Waals surface area contributed by atoms with Crippen LogP contribution in [0.5, 0.6) is 11.5 Å². The topological polar surface area (TPSA) is 73.9 Å². The Hall–Kier alpha value is -3.54. The minimum Gasteiger partial charge on any atom is -0.493 e. The van der Waals surface area contributed by atoms with E-state index in [1.54, 1.807) is 20.3 Å². The van der Waals surface area contributed by atoms with E-state index in [9.17, 15) is 9.59 Å². The van der Waals surface area contributed by atoms with Crippen molar-refractivity contribution in [3.8, 4) is 11.5 Å². The van der Waals surface area contributed by atoms with Crippen LogP contribution in [0.25, 0.3) is 0 Å². The molecule has 0 radical (unpaired) electrons. The minimum absolute atomic E-state index is 0.0174. The largest absolute Gasteiger partial charge is 0.493 e. The number of para-hydroxylation sites is 1. The van der Waals surface area contributed by atoms with Crippen molar-refractivity contribution >= 4 is 11.8 Å². The summed E-state index contributed by atoms with van der Waals surface area (Å²) in [4.78, 5) is 27.2. The number of ether oxygens (including phenoxy) is 3. The van der Waals surface area contributed by atoms with Gasteiger partial charge in [0, 0.05) is 29.0 Å². The summed E-state index contributed by atoms with van der Waals surface area (Å²) in [5.41, 5.74) is 4.42. The Morgan fingerprint density at radius 1 is 1.06 bits per heavy atom. The van der Waals surface area contributed by atoms with Gasteiger partial charge in [-0.3, -0.25) is 4.79 Å². The number of rotatable bonds is 7. The maximum absolute atomic E-state index is 13.8. The van der Waals surface area contributed by atoms with Gasteiger partial charge in [-0.2, -0.15) is 0 Å². The second-order valence-corrected chi connectivity index (χ2v) is 9.13. The van der Waals surface area contributed by atoms with Crippen LogP contribution < -0.4 is 14.8 Å². The number of benzene rings is 2. The molecule has 6 nitrogen and oxygen atoms in total. The third-order valence-corrected chi connectivity index (χ3v) is 6.95. The molecular weight excluding hydrogens is 442 g/mol. The summed E-state index contributed by atoms with van der Waals surface area (Å²) in [5.74, 6) is 0.102. The standard InChI is InChI=1S/C29H33NO5/c1-6-17(2)35-29(32)25-18(3)30-22-15-20(19-11-8-7-9-12-19)16-23(31)27(22)26(25)21-13-10-14-24(33-4)28(21)34-5/h7-14,17,20,26,30H,6,15-16H2,1-5H3/t17-,20+,26+/m1/s1. The lowest BCUT2D eigenvalue weighted by Gasteiger charge is -2.37. The average Bonchev–Trinajstić information content (AvgIpc) is 2.87. The highest BCUT2D eigenvalue weighted by atomic mass is 16.5. The number of carbonyl (C=O) groups excluding carboxylic acids is 2. The molecular formula is C29H33NO5. The maximum atomic E-state index is 13.8. The summed E-state index contributed by atoms with van der Waals surface area (Å²) < 4.78 is 17.0. The van der Waals surface area contributed by atoms with Gasteiger partial charge >= 0.3 is 5.97 Å². The van der Waals surface area contributed by atoms with Crippen molar-refractivity contribution in [3.63, 3.8) is 0 Å². The van der Waals surface area contributed by atoms with Crippen molar-refractivity contribution in [1.82, 2.24) is 5.32 Å². The SMILES string of the molecule is CC[C@@H](C)OC(=O)C1=C(C)NC2=C(C(=O)C[C@@H](c3ccccc3)C2)[C@H]1c1cccc(OC)c1OC. The van der Waals surface area contributed by atoms with E-state index < -0.39 is 11.9 Å². The fourth-order valence-corrected chi connectivity index (χ4v) is 5.05. The molecule has 0 saturated heterocycles. The van der Waals surface area contributed by atoms with E-state index in [0.29, 0.717) is 53.2 Å². The van der Waals surface area contributed by atoms with Gasteiger partial charge in [-0.05, 0) is 44.2 Å². The zero-order valence-corrected chi connectivity index (χ0v) is 21.0. The first kappa shape index (κ1) is 24.6. The molecule has 1 aliphatic heterocycles. The van der Waals surface area contributed by atoms with Gasteiger partial charge in [0.25, 0.3) is 0 Å². The van der Waals surface area contributed by atoms with E-state index in [0.717, 1.165) is 11.3 Å². The highest BCUT2D eigenvalue weighted by molar-refractivity contribution is 6.04. The van der Waals surface area contributed by atoms with Gasteiger partial charge in [0.05, 0.1) is 31.8 Å². The number of hydrogen-bond donors (Lipinski definition) is 1. The third kappa shape index (κ3) is 4.70. The number of ketones is 1. The number of esters is 1. The first-order valence-electron chi connectivity index (χ1n) is 12.1. The van der Waals surface area contributed by atoms with Crippen molar-refractivity contribution in [1.29, 1.82) is 0 Å². The predicted molar refractivity (Wildman–Crippen MR) is 134 cm³/mol. The predicted octanol–water partition coefficient (Wildman–Crippen LogP) is 5.41. The second kappa shape index (κ2) is 10.4. The fraction of sp³-hybridized carbons (Fsp3) is 0.379. The molecule has 0 bridgehead atoms. The molecule has 2 aromatic rings. The quantitative estimate of drug-likeness (QED) is 0.540. The average molecular weight is 476 g/mol. The molecule has 184 valence electrons. The van der Waals surface area contributed by atoms with Crippen LogP contribution in [0.3, 0.4) is 0 Å². The lowest BCUT2D eigenvalue weighted by Crippen LogP contribution is -2.36. The van der Waals surface area contributed by atoms with Crippen LogP contribution in [-0.4, -0.2) is 32.1 Å². The molecule has 1 N–H and O–H groups in total. The molecule has 2 aliphatic rings. The van der Waals surface area contributed by atoms with Gasteiger partial charge in [0.1, 0.15) is 0 Å². The van der Waals surface area contributed by atoms with Crippen LogP contribution in [0.1, 0.15) is 63.0 Å². The monoisotopic (exact) mass is 475 g/mol. The molecule has 6 heteroatoms. The van der Waals surface area contributed by atoms with Crippen LogP contribution in [0.15, 0.2) is 71.1 Å². The van der Waals surface area contributed by atoms with Crippen molar-refractivity contribution < 1.29 is 23.8 Å². The molecule has 1 aliphatic carbocycles. The van der Waals surface area contributed by atoms with E-state index in [1.807, 2.05) is 51.1 Å². The van der Waals surface area contributed by atoms with Gasteiger partial charge in [-0.25, -0.2) is 4.79 Å². The Balaban J connectivity index is 1.86. The molecule has 3 atom stereocenters. The van der Waals surface area contributed by atoms with Crippen molar-refractivity contribution in [2.75, 3.05) is 14.2 Å². The van der Waals surface area contributed by atoms with E-state index >= 15 is 0 Å². The van der Waals surface area contributed by atoms with Gasteiger partial charge in [-0.1, -0.05) is 49.4 Å². The van der Waals surface area contributed by atoms with Crippen molar-refractivity contribution in [2.24, 2.45) is 0 Å². The Bertz CT molecular complexity index is 1180. The molecule has 35 heavy (non-hydrogen) atoms. The number of dihydropyridines is 1. The Morgan fingerprint density at radius 3 is 2.46 bits per heavy atom. The molecule has 0 unspecified atom stereocenters. The molecule has 0 amide bonds. The first-order chi connectivity index (χ1) is 16.9. The molecule has 0 spiro atoms. The highest BCUT2D eigenvalue weighted by Crippen LogP contribution is 2.49. The molecule has 0 aromatic heterocycles. The van der Waals surface area contributed by atoms with Gasteiger partial charge in [-0.15, -0.1) is 0 Å². The molecule has 4 rings (SSSR count). The number of methoxy groups -OCH3 is 2. The van der Waals surface area contributed by atoms with E-state index in [2.05, 4.69) is 17.4 Å². The first-order valence-corrected chi connectivity index (χ1v) is 12.1. The van der Waals surface area contributed by atoms with Crippen LogP contribution in [0, 0.1) is 0 Å². The summed E-state index contributed by atoms with van der Waals surface area (Å²) in [6.45, 7) is 5.70. The number of carbonyl (C=O) groups is 2. The van der Waals surface area contributed by atoms with Crippen molar-refractivity contribution in [3.05, 3.63) is 82.2 Å². The number of hydrogen-bond acceptors (Lipinski definition) is 6. The van der Waals surface area contributed by atoms with E-state index in [1.165, 1.54) is 0 Å². The van der Waals surface area contributed by atoms with Gasteiger partial charge < -0.3 is 19.5 Å². The zero-order valence-electron chi connectivity index (χ0n) is 21.0. The minimum atomic E-state index is -0.614. The molecule has 1 heterocycles. The molecule has 0 fully saturated rings. The highest BCUT2D eigenvalue weighted by Gasteiger charge is 2.43. The summed E-state index contributed by atoms with van der Waals surface area (Å²) in [6.07, 6.45) is 1.51. The van der Waals surface area contributed by atoms with Crippen LogP contribution in [-0.2, 0) is 14.3 Å². The fourth-order valence-electron chi connectivity index (χ4n) is 5.05. The summed E-state index contributed by atoms with van der Waals surface area (Å²) in [7, 11) is 3.14. The van der Waals surface area contributed by atoms with E-state index in [-0.39, 0.29) is 17.8 Å². The Labute approximate surface area is 207 Å². The summed E-state index contributed by atoms with van der Waals surface area (Å²) in [5, 5.41) is 3.40. The molecule has 2 aromatic carbocycles. The zero-order chi connectivity index (χ0) is 25.1. The van der Waals surface area contributed by atoms with Crippen LogP contribution in [0.2, 0.25) is 0 Å². The Kier molecular flexibility index (Phi) is 7.29. The Morgan fingerprint density at radius 2 is 1.80 bits per heavy atom. The van der Waals surface area contributed by atoms with Gasteiger partial charge in [0.15, 0.2) is 17.3 Å². The number of allylic oxidation sites excluding steroid dienone is 3. The second-order valence-electron chi connectivity index (χ2n) is 9.13. The number of Topliss-reactive ketones (excluding diaryl/α,β-unsaturated/α-hetero) is 1. The van der Waals surface area contributed by atoms with Crippen LogP contribution >= 0.6 is 0 Å². The smallest absolute Gasteiger partial charge is 0.337 e. The summed E-state index contributed by atoms with van der Waals surface area (Å²) >= 11 is 0. The van der Waals surface area contributed by atoms with Gasteiger partial charge in [0.2, 0.25) is 0 Å².